The number of phenolic OH excluding ortho intramolecular Hbond substituents is 2. The fourth-order valence-electron chi connectivity index (χ4n) is 2.47. The maximum Gasteiger partial charge on any atom is 0.241 e. The van der Waals surface area contributed by atoms with Crippen molar-refractivity contribution < 1.29 is 18.6 Å². The highest BCUT2D eigenvalue weighted by Gasteiger charge is 2.17. The number of phenols is 2. The molecule has 0 amide bonds. The minimum Gasteiger partial charge on any atom is -0.504 e. The second-order valence-electron chi connectivity index (χ2n) is 5.35. The van der Waals surface area contributed by atoms with E-state index in [0.29, 0.717) is 22.0 Å². The van der Waals surface area contributed by atoms with Crippen LogP contribution < -0.4 is 10.5 Å². The normalized spacial score (nSPS) is 11.7. The lowest BCUT2D eigenvalue weighted by Gasteiger charge is -2.11. The first-order valence-corrected chi connectivity index (χ1v) is 8.64. The molecule has 3 aromatic rings. The van der Waals surface area contributed by atoms with E-state index in [-0.39, 0.29) is 22.9 Å². The number of nitrogen functional groups attached to an aromatic ring is 1. The van der Waals surface area contributed by atoms with E-state index in [2.05, 4.69) is 4.72 Å². The van der Waals surface area contributed by atoms with Gasteiger partial charge in [0.05, 0.1) is 4.90 Å². The zero-order valence-electron chi connectivity index (χ0n) is 12.6. The van der Waals surface area contributed by atoms with Gasteiger partial charge in [-0.25, -0.2) is 13.1 Å². The monoisotopic (exact) mass is 344 g/mol. The summed E-state index contributed by atoms with van der Waals surface area (Å²) in [5.74, 6) is -0.559. The van der Waals surface area contributed by atoms with E-state index in [1.165, 1.54) is 24.3 Å². The Kier molecular flexibility index (Phi) is 4.04. The first kappa shape index (κ1) is 16.1. The van der Waals surface area contributed by atoms with Crippen LogP contribution in [0.2, 0.25) is 0 Å². The van der Waals surface area contributed by atoms with E-state index < -0.39 is 10.0 Å². The van der Waals surface area contributed by atoms with Crippen molar-refractivity contribution in [1.29, 1.82) is 0 Å². The van der Waals surface area contributed by atoms with Crippen LogP contribution in [0.4, 0.5) is 5.69 Å². The molecule has 3 rings (SSSR count). The molecule has 0 heterocycles. The largest absolute Gasteiger partial charge is 0.504 e. The van der Waals surface area contributed by atoms with Gasteiger partial charge in [-0.2, -0.15) is 0 Å². The quantitative estimate of drug-likeness (QED) is 0.428. The Hall–Kier alpha value is -2.77. The van der Waals surface area contributed by atoms with Crippen LogP contribution in [0.5, 0.6) is 11.5 Å². The standard InChI is InChI=1S/C17H16N2O4S/c18-14-5-1-4-13-12(14)3-2-6-17(13)24(22,23)19-10-11-7-8-15(20)16(21)9-11/h1-9,19-21H,10,18H2. The number of aromatic hydroxyl groups is 2. The van der Waals surface area contributed by atoms with E-state index in [0.717, 1.165) is 0 Å². The van der Waals surface area contributed by atoms with Crippen LogP contribution in [0.1, 0.15) is 5.56 Å². The molecule has 3 aromatic carbocycles. The molecular weight excluding hydrogens is 328 g/mol. The van der Waals surface area contributed by atoms with Crippen molar-refractivity contribution in [2.75, 3.05) is 5.73 Å². The van der Waals surface area contributed by atoms with Crippen LogP contribution in [0.25, 0.3) is 10.8 Å². The lowest BCUT2D eigenvalue weighted by atomic mass is 10.1. The molecular formula is C17H16N2O4S. The van der Waals surface area contributed by atoms with Gasteiger partial charge in [-0.1, -0.05) is 30.3 Å². The smallest absolute Gasteiger partial charge is 0.241 e. The van der Waals surface area contributed by atoms with Gasteiger partial charge in [-0.15, -0.1) is 0 Å². The minimum absolute atomic E-state index is 0.0190. The van der Waals surface area contributed by atoms with E-state index in [9.17, 15) is 18.6 Å². The van der Waals surface area contributed by atoms with E-state index in [4.69, 9.17) is 5.73 Å². The summed E-state index contributed by atoms with van der Waals surface area (Å²) < 4.78 is 27.7. The van der Waals surface area contributed by atoms with Crippen molar-refractivity contribution >= 4 is 26.5 Å². The number of hydrogen-bond acceptors (Lipinski definition) is 5. The highest BCUT2D eigenvalue weighted by Crippen LogP contribution is 2.28. The molecule has 0 aliphatic heterocycles. The Bertz CT molecular complexity index is 1020. The number of sulfonamides is 1. The average Bonchev–Trinajstić information content (AvgIpc) is 2.56. The molecule has 0 bridgehead atoms. The lowest BCUT2D eigenvalue weighted by Crippen LogP contribution is -2.23. The molecule has 24 heavy (non-hydrogen) atoms. The Morgan fingerprint density at radius 1 is 0.917 bits per heavy atom. The zero-order valence-corrected chi connectivity index (χ0v) is 13.4. The maximum absolute atomic E-state index is 12.6. The Balaban J connectivity index is 1.94. The molecule has 0 aliphatic carbocycles. The summed E-state index contributed by atoms with van der Waals surface area (Å²) in [6.07, 6.45) is 0. The highest BCUT2D eigenvalue weighted by molar-refractivity contribution is 7.89. The Morgan fingerprint density at radius 2 is 1.62 bits per heavy atom. The number of anilines is 1. The number of rotatable bonds is 4. The number of nitrogens with one attached hydrogen (secondary N) is 1. The molecule has 124 valence electrons. The van der Waals surface area contributed by atoms with Crippen LogP contribution in [-0.4, -0.2) is 18.6 Å². The Morgan fingerprint density at radius 3 is 2.38 bits per heavy atom. The van der Waals surface area contributed by atoms with Crippen LogP contribution in [0, 0.1) is 0 Å². The fraction of sp³-hybridized carbons (Fsp3) is 0.0588. The molecule has 0 aromatic heterocycles. The van der Waals surface area contributed by atoms with Crippen LogP contribution >= 0.6 is 0 Å². The van der Waals surface area contributed by atoms with Gasteiger partial charge in [0.25, 0.3) is 0 Å². The van der Waals surface area contributed by atoms with E-state index in [1.807, 2.05) is 0 Å². The molecule has 5 N–H and O–H groups in total. The summed E-state index contributed by atoms with van der Waals surface area (Å²) in [5.41, 5.74) is 6.93. The van der Waals surface area contributed by atoms with Gasteiger partial charge < -0.3 is 15.9 Å². The summed E-state index contributed by atoms with van der Waals surface area (Å²) in [4.78, 5) is 0.135. The topological polar surface area (TPSA) is 113 Å². The van der Waals surface area contributed by atoms with Crippen molar-refractivity contribution in [2.45, 2.75) is 11.4 Å². The molecule has 0 aliphatic rings. The van der Waals surface area contributed by atoms with Crippen molar-refractivity contribution in [3.05, 3.63) is 60.2 Å². The summed E-state index contributed by atoms with van der Waals surface area (Å²) in [7, 11) is -3.77. The molecule has 0 fully saturated rings. The number of benzene rings is 3. The predicted octanol–water partition coefficient (Wildman–Crippen LogP) is 2.31. The summed E-state index contributed by atoms with van der Waals surface area (Å²) >= 11 is 0. The molecule has 0 saturated carbocycles. The minimum atomic E-state index is -3.77. The summed E-state index contributed by atoms with van der Waals surface area (Å²) in [6, 6.07) is 14.2. The molecule has 0 atom stereocenters. The number of nitrogens with two attached hydrogens (primary N) is 1. The van der Waals surface area contributed by atoms with Gasteiger partial charge in [0, 0.05) is 23.0 Å². The van der Waals surface area contributed by atoms with Gasteiger partial charge in [-0.3, -0.25) is 0 Å². The van der Waals surface area contributed by atoms with Crippen LogP contribution in [0.15, 0.2) is 59.5 Å². The SMILES string of the molecule is Nc1cccc2c(S(=O)(=O)NCc3ccc(O)c(O)c3)cccc12. The number of fused-ring (bicyclic) bond motifs is 1. The maximum atomic E-state index is 12.6. The second kappa shape index (κ2) is 6.03. The third-order valence-electron chi connectivity index (χ3n) is 3.71. The van der Waals surface area contributed by atoms with Gasteiger partial charge in [0.2, 0.25) is 10.0 Å². The van der Waals surface area contributed by atoms with Gasteiger partial charge >= 0.3 is 0 Å². The molecule has 0 spiro atoms. The van der Waals surface area contributed by atoms with Gasteiger partial charge in [-0.05, 0) is 29.8 Å². The predicted molar refractivity (Wildman–Crippen MR) is 92.2 cm³/mol. The van der Waals surface area contributed by atoms with E-state index in [1.54, 1.807) is 30.3 Å². The Labute approximate surface area is 139 Å². The third-order valence-corrected chi connectivity index (χ3v) is 5.17. The van der Waals surface area contributed by atoms with Crippen molar-refractivity contribution in [2.24, 2.45) is 0 Å². The molecule has 0 unspecified atom stereocenters. The summed E-state index contributed by atoms with van der Waals surface area (Å²) in [5, 5.41) is 20.0. The molecule has 7 heteroatoms. The molecule has 6 nitrogen and oxygen atoms in total. The third kappa shape index (κ3) is 2.99. The average molecular weight is 344 g/mol. The summed E-state index contributed by atoms with van der Waals surface area (Å²) in [6.45, 7) is -0.0190. The van der Waals surface area contributed by atoms with Crippen LogP contribution in [-0.2, 0) is 16.6 Å². The fourth-order valence-corrected chi connectivity index (χ4v) is 3.71. The highest BCUT2D eigenvalue weighted by atomic mass is 32.2. The van der Waals surface area contributed by atoms with E-state index >= 15 is 0 Å². The first-order chi connectivity index (χ1) is 11.4. The zero-order chi connectivity index (χ0) is 17.3. The second-order valence-corrected chi connectivity index (χ2v) is 7.08. The molecule has 0 radical (unpaired) electrons. The van der Waals surface area contributed by atoms with Crippen molar-refractivity contribution in [3.63, 3.8) is 0 Å². The lowest BCUT2D eigenvalue weighted by molar-refractivity contribution is 0.403. The van der Waals surface area contributed by atoms with Gasteiger partial charge in [0.15, 0.2) is 11.5 Å². The number of hydrogen-bond donors (Lipinski definition) is 4. The molecule has 0 saturated heterocycles. The van der Waals surface area contributed by atoms with Crippen LogP contribution in [0.3, 0.4) is 0 Å². The van der Waals surface area contributed by atoms with Crippen molar-refractivity contribution in [1.82, 2.24) is 4.72 Å². The van der Waals surface area contributed by atoms with Crippen molar-refractivity contribution in [3.8, 4) is 11.5 Å². The first-order valence-electron chi connectivity index (χ1n) is 7.16. The van der Waals surface area contributed by atoms with Gasteiger partial charge in [0.1, 0.15) is 0 Å².